The molecule has 0 saturated carbocycles. The number of anilines is 2. The number of hydrogen-bond acceptors (Lipinski definition) is 5. The summed E-state index contributed by atoms with van der Waals surface area (Å²) in [5, 5.41) is 4.27. The van der Waals surface area contributed by atoms with Crippen molar-refractivity contribution < 1.29 is 9.53 Å². The van der Waals surface area contributed by atoms with Gasteiger partial charge in [0.15, 0.2) is 5.82 Å². The molecule has 5 nitrogen and oxygen atoms in total. The number of nitrogens with one attached hydrogen (secondary N) is 1. The monoisotopic (exact) mass is 397 g/mol. The number of carbonyl (C=O) groups is 1. The predicted molar refractivity (Wildman–Crippen MR) is 120 cm³/mol. The maximum absolute atomic E-state index is 12.2. The summed E-state index contributed by atoms with van der Waals surface area (Å²) in [6.45, 7) is 4.43. The molecule has 150 valence electrons. The van der Waals surface area contributed by atoms with Crippen molar-refractivity contribution in [2.75, 3.05) is 11.9 Å². The molecule has 3 aromatic carbocycles. The molecule has 0 unspecified atom stereocenters. The highest BCUT2D eigenvalue weighted by atomic mass is 16.5. The highest BCUT2D eigenvalue weighted by Crippen LogP contribution is 2.27. The quantitative estimate of drug-likeness (QED) is 0.409. The molecule has 4 aromatic rings. The molecule has 0 bridgehead atoms. The Morgan fingerprint density at radius 1 is 0.967 bits per heavy atom. The molecule has 0 aliphatic heterocycles. The molecular weight excluding hydrogens is 374 g/mol. The summed E-state index contributed by atoms with van der Waals surface area (Å²) in [5.74, 6) is 1.01. The van der Waals surface area contributed by atoms with Gasteiger partial charge in [0.25, 0.3) is 0 Å². The van der Waals surface area contributed by atoms with E-state index in [0.717, 1.165) is 28.6 Å². The average molecular weight is 397 g/mol. The molecule has 0 spiro atoms. The van der Waals surface area contributed by atoms with Crippen molar-refractivity contribution in [3.05, 3.63) is 83.9 Å². The van der Waals surface area contributed by atoms with Gasteiger partial charge in [-0.1, -0.05) is 55.0 Å². The van der Waals surface area contributed by atoms with Crippen LogP contribution in [0.2, 0.25) is 0 Å². The molecule has 1 heterocycles. The minimum atomic E-state index is -0.326. The zero-order valence-corrected chi connectivity index (χ0v) is 17.1. The number of carbonyl (C=O) groups excluding carboxylic acids is 1. The van der Waals surface area contributed by atoms with Crippen molar-refractivity contribution >= 4 is 28.4 Å². The number of benzene rings is 3. The van der Waals surface area contributed by atoms with Crippen LogP contribution in [0.25, 0.3) is 22.3 Å². The fourth-order valence-electron chi connectivity index (χ4n) is 3.14. The van der Waals surface area contributed by atoms with Crippen LogP contribution in [0.3, 0.4) is 0 Å². The summed E-state index contributed by atoms with van der Waals surface area (Å²) in [7, 11) is 0. The molecule has 0 amide bonds. The van der Waals surface area contributed by atoms with Crippen LogP contribution in [0, 0.1) is 6.92 Å². The van der Waals surface area contributed by atoms with Crippen molar-refractivity contribution in [1.82, 2.24) is 9.97 Å². The third-order valence-electron chi connectivity index (χ3n) is 4.71. The number of fused-ring (bicyclic) bond motifs is 1. The molecule has 30 heavy (non-hydrogen) atoms. The van der Waals surface area contributed by atoms with Crippen LogP contribution in [-0.4, -0.2) is 22.5 Å². The van der Waals surface area contributed by atoms with Gasteiger partial charge < -0.3 is 10.1 Å². The summed E-state index contributed by atoms with van der Waals surface area (Å²) in [6.07, 6.45) is 0.790. The molecule has 0 aliphatic carbocycles. The minimum absolute atomic E-state index is 0.326. The first-order chi connectivity index (χ1) is 14.6. The van der Waals surface area contributed by atoms with Gasteiger partial charge in [-0.15, -0.1) is 0 Å². The third-order valence-corrected chi connectivity index (χ3v) is 4.71. The van der Waals surface area contributed by atoms with Gasteiger partial charge in [-0.2, -0.15) is 0 Å². The number of para-hydroxylation sites is 1. The highest BCUT2D eigenvalue weighted by molar-refractivity contribution is 5.94. The zero-order valence-electron chi connectivity index (χ0n) is 17.1. The van der Waals surface area contributed by atoms with Crippen LogP contribution in [-0.2, 0) is 4.74 Å². The third kappa shape index (κ3) is 4.30. The molecule has 4 rings (SSSR count). The molecule has 0 radical (unpaired) electrons. The molecule has 0 aliphatic rings. The fourth-order valence-corrected chi connectivity index (χ4v) is 3.14. The molecule has 1 N–H and O–H groups in total. The van der Waals surface area contributed by atoms with Crippen LogP contribution in [0.5, 0.6) is 0 Å². The van der Waals surface area contributed by atoms with Crippen LogP contribution >= 0.6 is 0 Å². The first kappa shape index (κ1) is 19.6. The summed E-state index contributed by atoms with van der Waals surface area (Å²) in [6, 6.07) is 23.3. The van der Waals surface area contributed by atoms with E-state index in [1.165, 1.54) is 5.56 Å². The molecule has 1 aromatic heterocycles. The van der Waals surface area contributed by atoms with Crippen molar-refractivity contribution in [2.45, 2.75) is 20.3 Å². The first-order valence-electron chi connectivity index (χ1n) is 10.0. The van der Waals surface area contributed by atoms with E-state index in [-0.39, 0.29) is 5.97 Å². The van der Waals surface area contributed by atoms with E-state index in [9.17, 15) is 4.79 Å². The van der Waals surface area contributed by atoms with Crippen LogP contribution < -0.4 is 5.32 Å². The lowest BCUT2D eigenvalue weighted by atomic mass is 10.1. The Labute approximate surface area is 175 Å². The SMILES string of the molecule is CCCOC(=O)c1cccc(Nc2nc(-c3ccc(C)cc3)nc3ccccc23)c1. The van der Waals surface area contributed by atoms with E-state index in [2.05, 4.69) is 12.2 Å². The lowest BCUT2D eigenvalue weighted by Crippen LogP contribution is -2.06. The summed E-state index contributed by atoms with van der Waals surface area (Å²) in [5.41, 5.74) is 4.25. The van der Waals surface area contributed by atoms with E-state index in [0.29, 0.717) is 23.8 Å². The van der Waals surface area contributed by atoms with E-state index < -0.39 is 0 Å². The Morgan fingerprint density at radius 3 is 2.57 bits per heavy atom. The Kier molecular flexibility index (Phi) is 5.70. The van der Waals surface area contributed by atoms with Crippen LogP contribution in [0.4, 0.5) is 11.5 Å². The van der Waals surface area contributed by atoms with Gasteiger partial charge in [-0.05, 0) is 43.7 Å². The van der Waals surface area contributed by atoms with Gasteiger partial charge in [0.1, 0.15) is 5.82 Å². The molecule has 0 fully saturated rings. The smallest absolute Gasteiger partial charge is 0.338 e. The number of hydrogen-bond donors (Lipinski definition) is 1. The van der Waals surface area contributed by atoms with Gasteiger partial charge in [-0.25, -0.2) is 14.8 Å². The molecule has 0 saturated heterocycles. The van der Waals surface area contributed by atoms with Crippen molar-refractivity contribution in [3.8, 4) is 11.4 Å². The molecule has 5 heteroatoms. The van der Waals surface area contributed by atoms with Gasteiger partial charge in [-0.3, -0.25) is 0 Å². The lowest BCUT2D eigenvalue weighted by Gasteiger charge is -2.12. The van der Waals surface area contributed by atoms with Gasteiger partial charge in [0, 0.05) is 16.6 Å². The Hall–Kier alpha value is -3.73. The zero-order chi connectivity index (χ0) is 20.9. The first-order valence-corrected chi connectivity index (χ1v) is 10.0. The summed E-state index contributed by atoms with van der Waals surface area (Å²) in [4.78, 5) is 21.7. The maximum atomic E-state index is 12.2. The largest absolute Gasteiger partial charge is 0.462 e. The van der Waals surface area contributed by atoms with Crippen molar-refractivity contribution in [2.24, 2.45) is 0 Å². The second-order valence-electron chi connectivity index (χ2n) is 7.12. The summed E-state index contributed by atoms with van der Waals surface area (Å²) < 4.78 is 5.25. The van der Waals surface area contributed by atoms with E-state index in [4.69, 9.17) is 14.7 Å². The standard InChI is InChI=1S/C25H23N3O2/c1-3-15-30-25(29)19-7-6-8-20(16-19)26-24-21-9-4-5-10-22(21)27-23(28-24)18-13-11-17(2)12-14-18/h4-14,16H,3,15H2,1-2H3,(H,26,27,28). The number of ether oxygens (including phenoxy) is 1. The second-order valence-corrected chi connectivity index (χ2v) is 7.12. The Balaban J connectivity index is 1.72. The van der Waals surface area contributed by atoms with Crippen molar-refractivity contribution in [1.29, 1.82) is 0 Å². The summed E-state index contributed by atoms with van der Waals surface area (Å²) >= 11 is 0. The maximum Gasteiger partial charge on any atom is 0.338 e. The average Bonchev–Trinajstić information content (AvgIpc) is 2.78. The van der Waals surface area contributed by atoms with Gasteiger partial charge >= 0.3 is 5.97 Å². The van der Waals surface area contributed by atoms with Crippen molar-refractivity contribution in [3.63, 3.8) is 0 Å². The highest BCUT2D eigenvalue weighted by Gasteiger charge is 2.12. The minimum Gasteiger partial charge on any atom is -0.462 e. The second kappa shape index (κ2) is 8.74. The van der Waals surface area contributed by atoms with Gasteiger partial charge in [0.2, 0.25) is 0 Å². The predicted octanol–water partition coefficient (Wildman–Crippen LogP) is 5.92. The molecule has 0 atom stereocenters. The topological polar surface area (TPSA) is 64.1 Å². The van der Waals surface area contributed by atoms with Crippen LogP contribution in [0.15, 0.2) is 72.8 Å². The number of nitrogens with zero attached hydrogens (tertiary/aromatic N) is 2. The number of aryl methyl sites for hydroxylation is 1. The lowest BCUT2D eigenvalue weighted by molar-refractivity contribution is 0.0505. The fraction of sp³-hybridized carbons (Fsp3) is 0.160. The van der Waals surface area contributed by atoms with E-state index >= 15 is 0 Å². The van der Waals surface area contributed by atoms with Crippen LogP contribution in [0.1, 0.15) is 29.3 Å². The van der Waals surface area contributed by atoms with E-state index in [1.807, 2.05) is 67.6 Å². The van der Waals surface area contributed by atoms with Gasteiger partial charge in [0.05, 0.1) is 17.7 Å². The normalized spacial score (nSPS) is 10.7. The number of rotatable bonds is 6. The number of esters is 1. The molecular formula is C25H23N3O2. The van der Waals surface area contributed by atoms with E-state index in [1.54, 1.807) is 12.1 Å². The Morgan fingerprint density at radius 2 is 1.77 bits per heavy atom. The Bertz CT molecular complexity index is 1190. The number of aromatic nitrogens is 2.